The topological polar surface area (TPSA) is 79.7 Å². The van der Waals surface area contributed by atoms with E-state index in [1.54, 1.807) is 42.5 Å². The summed E-state index contributed by atoms with van der Waals surface area (Å²) in [6.07, 6.45) is 1.73. The maximum absolute atomic E-state index is 13.4. The van der Waals surface area contributed by atoms with Crippen molar-refractivity contribution in [2.24, 2.45) is 0 Å². The first-order chi connectivity index (χ1) is 17.9. The van der Waals surface area contributed by atoms with Gasteiger partial charge in [-0.2, -0.15) is 0 Å². The second kappa shape index (κ2) is 10.4. The predicted octanol–water partition coefficient (Wildman–Crippen LogP) is 6.93. The van der Waals surface area contributed by atoms with E-state index in [4.69, 9.17) is 16.3 Å². The number of thiazole rings is 1. The summed E-state index contributed by atoms with van der Waals surface area (Å²) >= 11 is 7.44. The van der Waals surface area contributed by atoms with E-state index in [1.165, 1.54) is 16.2 Å². The molecule has 0 saturated carbocycles. The maximum Gasteiger partial charge on any atom is 0.301 e. The van der Waals surface area contributed by atoms with E-state index in [2.05, 4.69) is 11.9 Å². The molecule has 1 fully saturated rings. The number of aromatic nitrogens is 1. The summed E-state index contributed by atoms with van der Waals surface area (Å²) in [5, 5.41) is 12.3. The molecule has 1 unspecified atom stereocenters. The summed E-state index contributed by atoms with van der Waals surface area (Å²) in [5.41, 5.74) is 2.95. The average Bonchev–Trinajstić information content (AvgIpc) is 3.45. The smallest absolute Gasteiger partial charge is 0.301 e. The molecule has 37 heavy (non-hydrogen) atoms. The molecule has 1 aliphatic rings. The molecule has 5 rings (SSSR count). The van der Waals surface area contributed by atoms with Crippen LogP contribution in [0.1, 0.15) is 43.0 Å². The van der Waals surface area contributed by atoms with E-state index in [1.807, 2.05) is 31.2 Å². The highest BCUT2D eigenvalue weighted by Crippen LogP contribution is 2.44. The fourth-order valence-electron chi connectivity index (χ4n) is 4.35. The summed E-state index contributed by atoms with van der Waals surface area (Å²) in [6.45, 7) is 4.66. The minimum Gasteiger partial charge on any atom is -0.507 e. The number of Topliss-reactive ketones (excluding diaryl/α,β-unsaturated/α-hetero) is 1. The molecular formula is C29H25ClN2O4S. The molecule has 0 radical (unpaired) electrons. The Labute approximate surface area is 223 Å². The molecule has 0 bridgehead atoms. The van der Waals surface area contributed by atoms with Gasteiger partial charge in [0.1, 0.15) is 11.5 Å². The fourth-order valence-corrected chi connectivity index (χ4v) is 5.62. The molecule has 0 spiro atoms. The third-order valence-corrected chi connectivity index (χ3v) is 7.55. The van der Waals surface area contributed by atoms with Gasteiger partial charge >= 0.3 is 5.91 Å². The third kappa shape index (κ3) is 4.72. The fraction of sp³-hybridized carbons (Fsp3) is 0.207. The van der Waals surface area contributed by atoms with Gasteiger partial charge in [0.2, 0.25) is 0 Å². The molecule has 6 nitrogen and oxygen atoms in total. The zero-order valence-electron chi connectivity index (χ0n) is 20.4. The first-order valence-electron chi connectivity index (χ1n) is 12.1. The van der Waals surface area contributed by atoms with Crippen LogP contribution in [0.25, 0.3) is 16.0 Å². The molecule has 4 aromatic rings. The molecule has 1 N–H and O–H groups in total. The number of ether oxygens (including phenoxy) is 1. The van der Waals surface area contributed by atoms with Gasteiger partial charge in [0, 0.05) is 10.6 Å². The van der Waals surface area contributed by atoms with E-state index in [0.717, 1.165) is 23.1 Å². The van der Waals surface area contributed by atoms with Gasteiger partial charge in [0.05, 0.1) is 28.4 Å². The molecule has 1 aromatic heterocycles. The van der Waals surface area contributed by atoms with Crippen molar-refractivity contribution in [3.05, 3.63) is 94.0 Å². The van der Waals surface area contributed by atoms with Crippen LogP contribution >= 0.6 is 22.9 Å². The van der Waals surface area contributed by atoms with Crippen LogP contribution in [-0.2, 0) is 16.0 Å². The summed E-state index contributed by atoms with van der Waals surface area (Å²) in [4.78, 5) is 32.8. The summed E-state index contributed by atoms with van der Waals surface area (Å²) in [7, 11) is 0. The van der Waals surface area contributed by atoms with Gasteiger partial charge in [-0.3, -0.25) is 14.5 Å². The third-order valence-electron chi connectivity index (χ3n) is 6.29. The number of hydrogen-bond acceptors (Lipinski definition) is 6. The Kier molecular flexibility index (Phi) is 7.00. The number of aliphatic hydroxyl groups excluding tert-OH is 1. The van der Waals surface area contributed by atoms with Crippen molar-refractivity contribution in [3.8, 4) is 5.75 Å². The summed E-state index contributed by atoms with van der Waals surface area (Å²) in [6, 6.07) is 19.0. The van der Waals surface area contributed by atoms with Crippen molar-refractivity contribution in [2.75, 3.05) is 11.5 Å². The van der Waals surface area contributed by atoms with Crippen LogP contribution in [0.5, 0.6) is 5.75 Å². The normalized spacial score (nSPS) is 17.1. The number of aryl methyl sites for hydroxylation is 1. The number of anilines is 1. The Morgan fingerprint density at radius 1 is 1.05 bits per heavy atom. The van der Waals surface area contributed by atoms with Crippen LogP contribution < -0.4 is 9.64 Å². The largest absolute Gasteiger partial charge is 0.507 e. The second-order valence-corrected chi connectivity index (χ2v) is 10.2. The number of ketones is 1. The average molecular weight is 533 g/mol. The van der Waals surface area contributed by atoms with Crippen molar-refractivity contribution >= 4 is 55.7 Å². The lowest BCUT2D eigenvalue weighted by Gasteiger charge is -2.23. The summed E-state index contributed by atoms with van der Waals surface area (Å²) in [5.74, 6) is -1.07. The molecule has 1 amide bonds. The molecule has 1 aliphatic heterocycles. The van der Waals surface area contributed by atoms with Crippen LogP contribution in [0.4, 0.5) is 5.13 Å². The number of aliphatic hydroxyl groups is 1. The minimum absolute atomic E-state index is 0.0220. The number of fused-ring (bicyclic) bond motifs is 1. The Morgan fingerprint density at radius 3 is 2.46 bits per heavy atom. The number of amides is 1. The number of benzene rings is 3. The molecule has 188 valence electrons. The molecule has 3 aromatic carbocycles. The van der Waals surface area contributed by atoms with Crippen LogP contribution in [0.15, 0.2) is 72.3 Å². The van der Waals surface area contributed by atoms with Gasteiger partial charge in [0.15, 0.2) is 5.13 Å². The first kappa shape index (κ1) is 25.0. The van der Waals surface area contributed by atoms with Gasteiger partial charge in [-0.25, -0.2) is 4.98 Å². The quantitative estimate of drug-likeness (QED) is 0.159. The van der Waals surface area contributed by atoms with E-state index in [0.29, 0.717) is 39.2 Å². The molecule has 8 heteroatoms. The maximum atomic E-state index is 13.4. The van der Waals surface area contributed by atoms with Gasteiger partial charge in [0.25, 0.3) is 5.78 Å². The highest BCUT2D eigenvalue weighted by molar-refractivity contribution is 7.22. The zero-order valence-corrected chi connectivity index (χ0v) is 22.0. The van der Waals surface area contributed by atoms with E-state index in [-0.39, 0.29) is 11.3 Å². The molecule has 1 atom stereocenters. The number of hydrogen-bond donors (Lipinski definition) is 1. The van der Waals surface area contributed by atoms with E-state index < -0.39 is 17.7 Å². The van der Waals surface area contributed by atoms with Gasteiger partial charge in [-0.15, -0.1) is 0 Å². The van der Waals surface area contributed by atoms with Crippen LogP contribution in [0, 0.1) is 0 Å². The Bertz CT molecular complexity index is 1510. The van der Waals surface area contributed by atoms with Crippen molar-refractivity contribution in [1.29, 1.82) is 0 Å². The first-order valence-corrected chi connectivity index (χ1v) is 13.3. The highest BCUT2D eigenvalue weighted by Gasteiger charge is 2.48. The zero-order chi connectivity index (χ0) is 26.1. The number of rotatable bonds is 7. The molecular weight excluding hydrogens is 508 g/mol. The highest BCUT2D eigenvalue weighted by atomic mass is 35.5. The minimum atomic E-state index is -0.835. The molecule has 1 saturated heterocycles. The number of halogens is 1. The van der Waals surface area contributed by atoms with Crippen LogP contribution in [0.2, 0.25) is 5.02 Å². The van der Waals surface area contributed by atoms with Gasteiger partial charge < -0.3 is 9.84 Å². The van der Waals surface area contributed by atoms with E-state index >= 15 is 0 Å². The Morgan fingerprint density at radius 2 is 1.78 bits per heavy atom. The monoisotopic (exact) mass is 532 g/mol. The van der Waals surface area contributed by atoms with Crippen molar-refractivity contribution in [3.63, 3.8) is 0 Å². The number of carbonyl (C=O) groups is 2. The van der Waals surface area contributed by atoms with Crippen LogP contribution in [-0.4, -0.2) is 28.4 Å². The lowest BCUT2D eigenvalue weighted by molar-refractivity contribution is -0.132. The number of carbonyl (C=O) groups excluding carboxylic acids is 2. The van der Waals surface area contributed by atoms with Gasteiger partial charge in [-0.05, 0) is 66.4 Å². The summed E-state index contributed by atoms with van der Waals surface area (Å²) < 4.78 is 6.43. The lowest BCUT2D eigenvalue weighted by Crippen LogP contribution is -2.29. The van der Waals surface area contributed by atoms with Crippen molar-refractivity contribution < 1.29 is 19.4 Å². The van der Waals surface area contributed by atoms with Crippen LogP contribution in [0.3, 0.4) is 0 Å². The Balaban J connectivity index is 1.64. The molecule has 0 aliphatic carbocycles. The standard InChI is InChI=1S/C29H25ClN2O4S/c1-3-15-36-21-12-9-19(10-13-21)26(33)24-25(18-7-5-17(4-2)6-8-18)32(28(35)27(24)34)29-31-22-14-11-20(30)16-23(22)37-29/h5-14,16,25,33H,3-4,15H2,1-2H3/b26-24+. The number of nitrogens with zero attached hydrogens (tertiary/aromatic N) is 2. The predicted molar refractivity (Wildman–Crippen MR) is 147 cm³/mol. The van der Waals surface area contributed by atoms with Crippen molar-refractivity contribution in [2.45, 2.75) is 32.7 Å². The van der Waals surface area contributed by atoms with E-state index in [9.17, 15) is 14.7 Å². The Hall–Kier alpha value is -3.68. The molecule has 2 heterocycles. The SMILES string of the molecule is CCCOc1ccc(/C(O)=C2\C(=O)C(=O)N(c3nc4ccc(Cl)cc4s3)C2c2ccc(CC)cc2)cc1. The lowest BCUT2D eigenvalue weighted by atomic mass is 9.94. The second-order valence-electron chi connectivity index (χ2n) is 8.75. The van der Waals surface area contributed by atoms with Crippen molar-refractivity contribution in [1.82, 2.24) is 4.98 Å². The van der Waals surface area contributed by atoms with Gasteiger partial charge in [-0.1, -0.05) is 61.1 Å².